The number of unbranched alkanes of at least 4 members (excludes halogenated alkanes) is 1. The lowest BCUT2D eigenvalue weighted by Crippen LogP contribution is -2.71. The molecule has 5 nitrogen and oxygen atoms in total. The van der Waals surface area contributed by atoms with Crippen molar-refractivity contribution in [1.82, 2.24) is 9.88 Å². The third-order valence-corrected chi connectivity index (χ3v) is 7.42. The molecule has 2 aromatic carbocycles. The topological polar surface area (TPSA) is 45.7 Å². The van der Waals surface area contributed by atoms with Crippen LogP contribution in [0.15, 0.2) is 54.6 Å². The monoisotopic (exact) mass is 447 g/mol. The summed E-state index contributed by atoms with van der Waals surface area (Å²) in [4.78, 5) is 23.5. The predicted octanol–water partition coefficient (Wildman–Crippen LogP) is 5.73. The zero-order valence-electron chi connectivity index (χ0n) is 18.7. The number of hydrogen-bond acceptors (Lipinski definition) is 6. The zero-order chi connectivity index (χ0) is 22.1. The number of benzene rings is 2. The quantitative estimate of drug-likeness (QED) is 0.413. The summed E-state index contributed by atoms with van der Waals surface area (Å²) < 4.78 is 5.92. The Labute approximate surface area is 193 Å². The summed E-state index contributed by atoms with van der Waals surface area (Å²) in [5.74, 6) is 1.78. The Hall–Kier alpha value is -2.70. The highest BCUT2D eigenvalue weighted by Gasteiger charge is 2.51. The van der Waals surface area contributed by atoms with Crippen LogP contribution in [0.4, 0.5) is 5.13 Å². The maximum atomic E-state index is 13.0. The van der Waals surface area contributed by atoms with E-state index >= 15 is 0 Å². The van der Waals surface area contributed by atoms with Gasteiger partial charge in [0.1, 0.15) is 11.5 Å². The van der Waals surface area contributed by atoms with Crippen LogP contribution in [0.2, 0.25) is 0 Å². The Morgan fingerprint density at radius 1 is 1.03 bits per heavy atom. The number of aromatic nitrogens is 1. The molecule has 0 unspecified atom stereocenters. The zero-order valence-corrected chi connectivity index (χ0v) is 19.5. The molecule has 6 heteroatoms. The number of anilines is 1. The Morgan fingerprint density at radius 3 is 2.38 bits per heavy atom. The molecule has 2 aliphatic heterocycles. The first-order valence-electron chi connectivity index (χ1n) is 11.4. The van der Waals surface area contributed by atoms with Gasteiger partial charge in [-0.15, -0.1) is 0 Å². The largest absolute Gasteiger partial charge is 0.457 e. The number of thiazole rings is 1. The third kappa shape index (κ3) is 4.17. The van der Waals surface area contributed by atoms with E-state index in [-0.39, 0.29) is 5.78 Å². The minimum absolute atomic E-state index is 0.203. The number of nitrogens with zero attached hydrogens (tertiary/aromatic N) is 3. The van der Waals surface area contributed by atoms with Crippen LogP contribution in [-0.4, -0.2) is 48.9 Å². The lowest BCUT2D eigenvalue weighted by atomic mass is 9.73. The summed E-state index contributed by atoms with van der Waals surface area (Å²) in [7, 11) is 2.17. The van der Waals surface area contributed by atoms with Gasteiger partial charge >= 0.3 is 0 Å². The van der Waals surface area contributed by atoms with E-state index in [2.05, 4.69) is 23.8 Å². The maximum Gasteiger partial charge on any atom is 0.186 e. The van der Waals surface area contributed by atoms with E-state index in [0.717, 1.165) is 71.8 Å². The van der Waals surface area contributed by atoms with Crippen LogP contribution in [0.25, 0.3) is 11.3 Å². The van der Waals surface area contributed by atoms with Gasteiger partial charge in [0.25, 0.3) is 0 Å². The smallest absolute Gasteiger partial charge is 0.186 e. The first kappa shape index (κ1) is 21.2. The summed E-state index contributed by atoms with van der Waals surface area (Å²) in [6.07, 6.45) is 2.50. The van der Waals surface area contributed by atoms with Crippen molar-refractivity contribution in [3.05, 3.63) is 59.5 Å². The number of hydrogen-bond donors (Lipinski definition) is 0. The summed E-state index contributed by atoms with van der Waals surface area (Å²) in [6, 6.07) is 17.7. The Morgan fingerprint density at radius 2 is 1.72 bits per heavy atom. The maximum absolute atomic E-state index is 13.0. The van der Waals surface area contributed by atoms with E-state index in [1.807, 2.05) is 54.6 Å². The van der Waals surface area contributed by atoms with E-state index in [1.54, 1.807) is 11.3 Å². The Kier molecular flexibility index (Phi) is 5.74. The van der Waals surface area contributed by atoms with Gasteiger partial charge in [-0.25, -0.2) is 4.98 Å². The fraction of sp³-hybridized carbons (Fsp3) is 0.385. The van der Waals surface area contributed by atoms with Crippen LogP contribution in [0.1, 0.15) is 35.9 Å². The van der Waals surface area contributed by atoms with Crippen molar-refractivity contribution in [2.45, 2.75) is 26.2 Å². The summed E-state index contributed by atoms with van der Waals surface area (Å²) in [6.45, 7) is 6.51. The highest BCUT2D eigenvalue weighted by Crippen LogP contribution is 2.44. The summed E-state index contributed by atoms with van der Waals surface area (Å²) in [5.41, 5.74) is 2.21. The molecule has 0 bridgehead atoms. The van der Waals surface area contributed by atoms with E-state index in [0.29, 0.717) is 11.8 Å². The van der Waals surface area contributed by atoms with Gasteiger partial charge in [-0.05, 0) is 49.9 Å². The highest BCUT2D eigenvalue weighted by atomic mass is 32.1. The van der Waals surface area contributed by atoms with E-state index in [1.165, 1.54) is 0 Å². The van der Waals surface area contributed by atoms with Gasteiger partial charge in [-0.3, -0.25) is 4.79 Å². The first-order valence-corrected chi connectivity index (χ1v) is 12.2. The molecule has 0 aliphatic carbocycles. The number of ketones is 1. The van der Waals surface area contributed by atoms with Crippen molar-refractivity contribution in [3.63, 3.8) is 0 Å². The second kappa shape index (κ2) is 8.68. The molecule has 2 saturated heterocycles. The molecular formula is C26H29N3O2S. The minimum atomic E-state index is 0.203. The predicted molar refractivity (Wildman–Crippen MR) is 130 cm³/mol. The summed E-state index contributed by atoms with van der Waals surface area (Å²) in [5, 5.41) is 0.977. The Balaban J connectivity index is 1.37. The molecule has 3 heterocycles. The lowest BCUT2D eigenvalue weighted by Gasteiger charge is -2.59. The van der Waals surface area contributed by atoms with Crippen molar-refractivity contribution < 1.29 is 9.53 Å². The molecule has 1 aromatic heterocycles. The number of ether oxygens (including phenoxy) is 1. The van der Waals surface area contributed by atoms with Gasteiger partial charge in [0, 0.05) is 43.6 Å². The molecule has 166 valence electrons. The van der Waals surface area contributed by atoms with Gasteiger partial charge in [0.05, 0.1) is 10.6 Å². The van der Waals surface area contributed by atoms with Crippen LogP contribution >= 0.6 is 11.3 Å². The molecule has 0 radical (unpaired) electrons. The molecule has 0 N–H and O–H groups in total. The molecular weight excluding hydrogens is 418 g/mol. The van der Waals surface area contributed by atoms with E-state index in [9.17, 15) is 4.79 Å². The molecule has 2 aliphatic rings. The van der Waals surface area contributed by atoms with Crippen molar-refractivity contribution in [2.24, 2.45) is 5.41 Å². The van der Waals surface area contributed by atoms with Crippen molar-refractivity contribution in [2.75, 3.05) is 38.1 Å². The van der Waals surface area contributed by atoms with Crippen LogP contribution in [0, 0.1) is 5.41 Å². The molecule has 3 aromatic rings. The second-order valence-corrected chi connectivity index (χ2v) is 10.1. The Bertz CT molecular complexity index is 1080. The second-order valence-electron chi connectivity index (χ2n) is 9.17. The molecule has 0 atom stereocenters. The highest BCUT2D eigenvalue weighted by molar-refractivity contribution is 7.18. The average molecular weight is 448 g/mol. The van der Waals surface area contributed by atoms with Crippen molar-refractivity contribution in [1.29, 1.82) is 0 Å². The molecule has 2 fully saturated rings. The van der Waals surface area contributed by atoms with Crippen LogP contribution in [0.5, 0.6) is 11.5 Å². The molecule has 5 rings (SSSR count). The van der Waals surface area contributed by atoms with Gasteiger partial charge in [-0.2, -0.15) is 0 Å². The third-order valence-electron chi connectivity index (χ3n) is 6.27. The number of Topliss-reactive ketones (excluding diaryl/α,β-unsaturated/α-hetero) is 1. The first-order chi connectivity index (χ1) is 15.5. The van der Waals surface area contributed by atoms with Gasteiger partial charge < -0.3 is 14.5 Å². The van der Waals surface area contributed by atoms with Crippen molar-refractivity contribution >= 4 is 22.3 Å². The fourth-order valence-electron chi connectivity index (χ4n) is 4.78. The van der Waals surface area contributed by atoms with E-state index < -0.39 is 0 Å². The molecule has 32 heavy (non-hydrogen) atoms. The minimum Gasteiger partial charge on any atom is -0.457 e. The normalized spacial score (nSPS) is 17.1. The standard InChI is InChI=1S/C26H29N3O2S/c1-3-4-10-22(30)24-23(27-25(32-24)29-17-26(18-29)15-28(2)16-26)19-11-13-21(14-12-19)31-20-8-6-5-7-9-20/h5-9,11-14H,3-4,10,15-18H2,1-2H3. The number of rotatable bonds is 8. The number of para-hydroxylation sites is 1. The number of carbonyl (C=O) groups excluding carboxylic acids is 1. The van der Waals surface area contributed by atoms with Gasteiger partial charge in [0.2, 0.25) is 0 Å². The van der Waals surface area contributed by atoms with Crippen LogP contribution < -0.4 is 9.64 Å². The van der Waals surface area contributed by atoms with Gasteiger partial charge in [0.15, 0.2) is 10.9 Å². The van der Waals surface area contributed by atoms with Crippen LogP contribution in [-0.2, 0) is 0 Å². The molecule has 1 spiro atoms. The number of carbonyl (C=O) groups is 1. The summed E-state index contributed by atoms with van der Waals surface area (Å²) >= 11 is 1.56. The van der Waals surface area contributed by atoms with Crippen LogP contribution in [0.3, 0.4) is 0 Å². The van der Waals surface area contributed by atoms with Gasteiger partial charge in [-0.1, -0.05) is 42.9 Å². The molecule has 0 amide bonds. The van der Waals surface area contributed by atoms with E-state index in [4.69, 9.17) is 9.72 Å². The SMILES string of the molecule is CCCCC(=O)c1sc(N2CC3(CN(C)C3)C2)nc1-c1ccc(Oc2ccccc2)cc1. The lowest BCUT2D eigenvalue weighted by molar-refractivity contribution is -0.00239. The fourth-order valence-corrected chi connectivity index (χ4v) is 5.84. The van der Waals surface area contributed by atoms with Crippen molar-refractivity contribution in [3.8, 4) is 22.8 Å². The number of likely N-dealkylation sites (tertiary alicyclic amines) is 1. The average Bonchev–Trinajstić information content (AvgIpc) is 3.20. The molecule has 0 saturated carbocycles.